The van der Waals surface area contributed by atoms with E-state index in [1.807, 2.05) is 12.3 Å². The minimum absolute atomic E-state index is 0.134. The van der Waals surface area contributed by atoms with Crippen molar-refractivity contribution in [3.8, 4) is 28.5 Å². The molecule has 4 heterocycles. The molecule has 3 amide bonds. The summed E-state index contributed by atoms with van der Waals surface area (Å²) in [5, 5.41) is 22.7. The molecule has 3 aromatic heterocycles. The Hall–Kier alpha value is -4.93. The fourth-order valence-corrected chi connectivity index (χ4v) is 5.10. The number of carbonyl (C=O) groups is 2. The van der Waals surface area contributed by atoms with Crippen LogP contribution in [0.25, 0.3) is 28.0 Å². The van der Waals surface area contributed by atoms with Crippen LogP contribution >= 0.6 is 0 Å². The standard InChI is InChI=1S/C28H26F3N9O2/c29-28(30,31)15-34-26(42)37-22-3-1-2-19(9-22)23-13-33-24-10-20(11-36-40(23)24)21-12-35-39(14-21)27(6-7-32)16-38(17-27)25(41)8-18-4-5-18/h1-3,9-14,18H,4-6,8,15-17H2,(H2,34,37,42). The first-order valence-electron chi connectivity index (χ1n) is 13.4. The van der Waals surface area contributed by atoms with Crippen molar-refractivity contribution in [3.63, 3.8) is 0 Å². The van der Waals surface area contributed by atoms with Gasteiger partial charge in [-0.05, 0) is 37.0 Å². The van der Waals surface area contributed by atoms with E-state index in [0.717, 1.165) is 24.0 Å². The van der Waals surface area contributed by atoms with Gasteiger partial charge in [0.1, 0.15) is 12.1 Å². The van der Waals surface area contributed by atoms with E-state index in [0.29, 0.717) is 48.0 Å². The second-order valence-electron chi connectivity index (χ2n) is 10.8. The van der Waals surface area contributed by atoms with Crippen LogP contribution in [0.1, 0.15) is 25.7 Å². The van der Waals surface area contributed by atoms with Crippen molar-refractivity contribution in [1.29, 1.82) is 5.26 Å². The fraction of sp³-hybridized carbons (Fsp3) is 0.357. The van der Waals surface area contributed by atoms with E-state index in [1.54, 1.807) is 62.3 Å². The second kappa shape index (κ2) is 10.5. The lowest BCUT2D eigenvalue weighted by Gasteiger charge is -2.49. The maximum Gasteiger partial charge on any atom is 0.405 e. The Kier molecular flexibility index (Phi) is 6.80. The van der Waals surface area contributed by atoms with Crippen LogP contribution in [-0.4, -0.2) is 67.0 Å². The zero-order valence-corrected chi connectivity index (χ0v) is 22.3. The molecule has 2 N–H and O–H groups in total. The molecule has 1 aliphatic heterocycles. The summed E-state index contributed by atoms with van der Waals surface area (Å²) in [7, 11) is 0. The minimum atomic E-state index is -4.51. The number of carbonyl (C=O) groups excluding carboxylic acids is 2. The van der Waals surface area contributed by atoms with Crippen molar-refractivity contribution in [1.82, 2.24) is 34.6 Å². The zero-order chi connectivity index (χ0) is 29.5. The van der Waals surface area contributed by atoms with Crippen molar-refractivity contribution in [2.75, 3.05) is 25.0 Å². The van der Waals surface area contributed by atoms with Gasteiger partial charge in [0.15, 0.2) is 5.65 Å². The Morgan fingerprint density at radius 2 is 1.86 bits per heavy atom. The Morgan fingerprint density at radius 3 is 2.60 bits per heavy atom. The van der Waals surface area contributed by atoms with E-state index >= 15 is 0 Å². The number of hydrogen-bond donors (Lipinski definition) is 2. The zero-order valence-electron chi connectivity index (χ0n) is 22.3. The highest BCUT2D eigenvalue weighted by Crippen LogP contribution is 2.37. The molecule has 0 spiro atoms. The molecule has 0 unspecified atom stereocenters. The number of likely N-dealkylation sites (tertiary alicyclic amines) is 1. The van der Waals surface area contributed by atoms with Gasteiger partial charge in [0, 0.05) is 48.1 Å². The number of alkyl halides is 3. The first-order valence-corrected chi connectivity index (χ1v) is 13.4. The summed E-state index contributed by atoms with van der Waals surface area (Å²) in [6.07, 6.45) is 5.35. The van der Waals surface area contributed by atoms with Gasteiger partial charge in [0.05, 0.1) is 36.8 Å². The van der Waals surface area contributed by atoms with E-state index in [4.69, 9.17) is 0 Å². The largest absolute Gasteiger partial charge is 0.405 e. The Morgan fingerprint density at radius 1 is 1.07 bits per heavy atom. The first-order chi connectivity index (χ1) is 20.1. The number of halogens is 3. The monoisotopic (exact) mass is 577 g/mol. The molecule has 0 radical (unpaired) electrons. The number of nitrogens with zero attached hydrogens (tertiary/aromatic N) is 7. The number of benzene rings is 1. The highest BCUT2D eigenvalue weighted by atomic mass is 19.4. The molecule has 2 fully saturated rings. The van der Waals surface area contributed by atoms with E-state index < -0.39 is 24.3 Å². The predicted octanol–water partition coefficient (Wildman–Crippen LogP) is 4.19. The van der Waals surface area contributed by atoms with Crippen LogP contribution in [-0.2, 0) is 10.3 Å². The lowest BCUT2D eigenvalue weighted by atomic mass is 9.86. The van der Waals surface area contributed by atoms with Crippen LogP contribution < -0.4 is 10.6 Å². The molecule has 2 aliphatic rings. The Labute approximate surface area is 237 Å². The number of amides is 3. The van der Waals surface area contributed by atoms with Crippen molar-refractivity contribution in [2.45, 2.75) is 37.4 Å². The highest BCUT2D eigenvalue weighted by Gasteiger charge is 2.48. The van der Waals surface area contributed by atoms with Crippen LogP contribution in [0.3, 0.4) is 0 Å². The molecule has 42 heavy (non-hydrogen) atoms. The predicted molar refractivity (Wildman–Crippen MR) is 145 cm³/mol. The van der Waals surface area contributed by atoms with E-state index in [-0.39, 0.29) is 12.3 Å². The summed E-state index contributed by atoms with van der Waals surface area (Å²) in [6, 6.07) is 9.72. The van der Waals surface area contributed by atoms with Gasteiger partial charge in [-0.15, -0.1) is 0 Å². The molecule has 6 rings (SSSR count). The van der Waals surface area contributed by atoms with E-state index in [2.05, 4.69) is 26.6 Å². The minimum Gasteiger partial charge on any atom is -0.338 e. The third-order valence-electron chi connectivity index (χ3n) is 7.52. The molecular formula is C28H26F3N9O2. The van der Waals surface area contributed by atoms with E-state index in [1.165, 1.54) is 0 Å². The second-order valence-corrected chi connectivity index (χ2v) is 10.8. The summed E-state index contributed by atoms with van der Waals surface area (Å²) in [5.41, 5.74) is 3.09. The van der Waals surface area contributed by atoms with Gasteiger partial charge in [0.2, 0.25) is 5.91 Å². The first kappa shape index (κ1) is 27.3. The Bertz CT molecular complexity index is 1690. The van der Waals surface area contributed by atoms with Gasteiger partial charge in [-0.3, -0.25) is 9.48 Å². The molecule has 0 atom stereocenters. The molecule has 1 saturated heterocycles. The van der Waals surface area contributed by atoms with Gasteiger partial charge in [-0.1, -0.05) is 12.1 Å². The van der Waals surface area contributed by atoms with Gasteiger partial charge >= 0.3 is 12.2 Å². The topological polar surface area (TPSA) is 133 Å². The summed E-state index contributed by atoms with van der Waals surface area (Å²) < 4.78 is 40.5. The third kappa shape index (κ3) is 5.63. The molecule has 11 nitrogen and oxygen atoms in total. The number of hydrogen-bond acceptors (Lipinski definition) is 6. The average molecular weight is 578 g/mol. The lowest BCUT2D eigenvalue weighted by Crippen LogP contribution is -2.64. The number of fused-ring (bicyclic) bond motifs is 1. The van der Waals surface area contributed by atoms with Gasteiger partial charge in [-0.25, -0.2) is 14.3 Å². The van der Waals surface area contributed by atoms with Crippen LogP contribution in [0.15, 0.2) is 55.1 Å². The molecule has 1 aromatic carbocycles. The normalized spacial score (nSPS) is 16.1. The van der Waals surface area contributed by atoms with Crippen molar-refractivity contribution < 1.29 is 22.8 Å². The summed E-state index contributed by atoms with van der Waals surface area (Å²) in [4.78, 5) is 30.6. The maximum atomic E-state index is 12.5. The summed E-state index contributed by atoms with van der Waals surface area (Å²) in [6.45, 7) is -0.535. The fourth-order valence-electron chi connectivity index (χ4n) is 5.10. The molecule has 0 bridgehead atoms. The van der Waals surface area contributed by atoms with Crippen molar-refractivity contribution in [3.05, 3.63) is 55.1 Å². The number of imidazole rings is 1. The summed E-state index contributed by atoms with van der Waals surface area (Å²) >= 11 is 0. The Balaban J connectivity index is 1.17. The SMILES string of the molecule is N#CCC1(n2cc(-c3cnn4c(-c5cccc(NC(=O)NCC(F)(F)F)c5)cnc4c3)cn2)CN(C(=O)CC2CC2)C1. The van der Waals surface area contributed by atoms with E-state index in [9.17, 15) is 28.0 Å². The quantitative estimate of drug-likeness (QED) is 0.323. The maximum absolute atomic E-state index is 12.5. The van der Waals surface area contributed by atoms with Crippen molar-refractivity contribution >= 4 is 23.3 Å². The average Bonchev–Trinajstić information content (AvgIpc) is 3.42. The number of urea groups is 1. The molecular weight excluding hydrogens is 551 g/mol. The lowest BCUT2D eigenvalue weighted by molar-refractivity contribution is -0.143. The van der Waals surface area contributed by atoms with Crippen LogP contribution in [0, 0.1) is 17.2 Å². The van der Waals surface area contributed by atoms with Gasteiger partial charge < -0.3 is 15.5 Å². The number of rotatable bonds is 8. The van der Waals surface area contributed by atoms with Crippen LogP contribution in [0.4, 0.5) is 23.7 Å². The number of nitrogens with one attached hydrogen (secondary N) is 2. The smallest absolute Gasteiger partial charge is 0.338 e. The molecule has 1 saturated carbocycles. The van der Waals surface area contributed by atoms with Crippen LogP contribution in [0.5, 0.6) is 0 Å². The third-order valence-corrected chi connectivity index (χ3v) is 7.52. The molecule has 4 aromatic rings. The highest BCUT2D eigenvalue weighted by molar-refractivity contribution is 5.90. The molecule has 14 heteroatoms. The van der Waals surface area contributed by atoms with Gasteiger partial charge in [-0.2, -0.15) is 28.6 Å². The number of anilines is 1. The molecule has 1 aliphatic carbocycles. The number of aromatic nitrogens is 5. The number of nitriles is 1. The van der Waals surface area contributed by atoms with Crippen molar-refractivity contribution in [2.24, 2.45) is 5.92 Å². The summed E-state index contributed by atoms with van der Waals surface area (Å²) in [5.74, 6) is 0.637. The van der Waals surface area contributed by atoms with Gasteiger partial charge in [0.25, 0.3) is 0 Å². The molecule has 216 valence electrons. The van der Waals surface area contributed by atoms with Crippen LogP contribution in [0.2, 0.25) is 0 Å².